The van der Waals surface area contributed by atoms with Crippen LogP contribution in [-0.4, -0.2) is 37.1 Å². The summed E-state index contributed by atoms with van der Waals surface area (Å²) in [7, 11) is 1.50. The third kappa shape index (κ3) is 2.51. The van der Waals surface area contributed by atoms with Gasteiger partial charge in [-0.3, -0.25) is 9.69 Å². The van der Waals surface area contributed by atoms with E-state index in [1.165, 1.54) is 39.3 Å². The van der Waals surface area contributed by atoms with E-state index < -0.39 is 0 Å². The van der Waals surface area contributed by atoms with Crippen LogP contribution >= 0.6 is 0 Å². The second kappa shape index (κ2) is 4.97. The Balaban J connectivity index is 1.88. The van der Waals surface area contributed by atoms with Crippen molar-refractivity contribution in [2.75, 3.05) is 20.2 Å². The number of hydrogen-bond acceptors (Lipinski definition) is 3. The predicted octanol–water partition coefficient (Wildman–Crippen LogP) is 1.81. The van der Waals surface area contributed by atoms with E-state index in [0.29, 0.717) is 0 Å². The Labute approximate surface area is 91.8 Å². The Bertz CT molecular complexity index is 224. The number of likely N-dealkylation sites (tertiary alicyclic amines) is 1. The zero-order valence-electron chi connectivity index (χ0n) is 9.58. The van der Waals surface area contributed by atoms with E-state index in [-0.39, 0.29) is 11.9 Å². The average Bonchev–Trinajstić information content (AvgIpc) is 2.82. The summed E-state index contributed by atoms with van der Waals surface area (Å²) in [5, 5.41) is 0. The van der Waals surface area contributed by atoms with Crippen LogP contribution in [0.4, 0.5) is 0 Å². The van der Waals surface area contributed by atoms with E-state index in [4.69, 9.17) is 4.74 Å². The molecule has 0 aromatic heterocycles. The fourth-order valence-corrected chi connectivity index (χ4v) is 2.97. The summed E-state index contributed by atoms with van der Waals surface area (Å²) >= 11 is 0. The lowest BCUT2D eigenvalue weighted by atomic mass is 9.96. The van der Waals surface area contributed by atoms with Crippen molar-refractivity contribution >= 4 is 5.97 Å². The highest BCUT2D eigenvalue weighted by atomic mass is 16.5. The van der Waals surface area contributed by atoms with Gasteiger partial charge in [0.05, 0.1) is 13.0 Å². The quantitative estimate of drug-likeness (QED) is 0.652. The normalized spacial score (nSPS) is 29.3. The van der Waals surface area contributed by atoms with Crippen molar-refractivity contribution in [3.8, 4) is 0 Å². The van der Waals surface area contributed by atoms with Gasteiger partial charge >= 0.3 is 5.97 Å². The second-order valence-corrected chi connectivity index (χ2v) is 4.80. The first-order valence-electron chi connectivity index (χ1n) is 6.13. The lowest BCUT2D eigenvalue weighted by Crippen LogP contribution is -2.43. The maximum atomic E-state index is 11.5. The van der Waals surface area contributed by atoms with Gasteiger partial charge in [-0.2, -0.15) is 0 Å². The highest BCUT2D eigenvalue weighted by Crippen LogP contribution is 2.28. The van der Waals surface area contributed by atoms with Gasteiger partial charge in [-0.1, -0.05) is 12.8 Å². The first-order valence-corrected chi connectivity index (χ1v) is 6.13. The van der Waals surface area contributed by atoms with Crippen LogP contribution in [0.5, 0.6) is 0 Å². The molecule has 1 aliphatic heterocycles. The number of methoxy groups -OCH3 is 1. The summed E-state index contributed by atoms with van der Waals surface area (Å²) in [6.45, 7) is 2.11. The van der Waals surface area contributed by atoms with E-state index in [1.54, 1.807) is 0 Å². The molecule has 0 spiro atoms. The molecule has 0 aromatic carbocycles. The molecule has 3 heteroatoms. The van der Waals surface area contributed by atoms with Crippen LogP contribution in [0.2, 0.25) is 0 Å². The van der Waals surface area contributed by atoms with Crippen molar-refractivity contribution in [3.63, 3.8) is 0 Å². The first kappa shape index (κ1) is 10.9. The topological polar surface area (TPSA) is 29.5 Å². The first-order chi connectivity index (χ1) is 7.31. The standard InChI is InChI=1S/C12H21NO2/c1-15-12(14)10-5-4-8-13(9-10)11-6-2-3-7-11/h10-11H,2-9H2,1H3/t10-/m0/s1. The Kier molecular flexibility index (Phi) is 3.62. The van der Waals surface area contributed by atoms with Crippen LogP contribution in [0.3, 0.4) is 0 Å². The Morgan fingerprint density at radius 3 is 2.60 bits per heavy atom. The van der Waals surface area contributed by atoms with Crippen LogP contribution in [-0.2, 0) is 9.53 Å². The highest BCUT2D eigenvalue weighted by molar-refractivity contribution is 5.72. The molecule has 0 unspecified atom stereocenters. The fourth-order valence-electron chi connectivity index (χ4n) is 2.97. The van der Waals surface area contributed by atoms with Crippen molar-refractivity contribution in [1.29, 1.82) is 0 Å². The largest absolute Gasteiger partial charge is 0.469 e. The average molecular weight is 211 g/mol. The number of rotatable bonds is 2. The van der Waals surface area contributed by atoms with Gasteiger partial charge < -0.3 is 4.74 Å². The molecule has 1 heterocycles. The molecular formula is C12H21NO2. The third-order valence-electron chi connectivity index (χ3n) is 3.83. The molecular weight excluding hydrogens is 190 g/mol. The number of carbonyl (C=O) groups excluding carboxylic acids is 1. The number of esters is 1. The minimum atomic E-state index is -0.0160. The minimum absolute atomic E-state index is 0.0160. The summed E-state index contributed by atoms with van der Waals surface area (Å²) < 4.78 is 4.84. The summed E-state index contributed by atoms with van der Waals surface area (Å²) in [6.07, 6.45) is 7.54. The molecule has 2 fully saturated rings. The summed E-state index contributed by atoms with van der Waals surface area (Å²) in [4.78, 5) is 14.0. The van der Waals surface area contributed by atoms with Gasteiger partial charge in [0.1, 0.15) is 0 Å². The Morgan fingerprint density at radius 1 is 1.20 bits per heavy atom. The molecule has 1 saturated heterocycles. The van der Waals surface area contributed by atoms with E-state index in [1.807, 2.05) is 0 Å². The maximum absolute atomic E-state index is 11.5. The van der Waals surface area contributed by atoms with E-state index in [0.717, 1.165) is 25.4 Å². The molecule has 2 rings (SSSR count). The molecule has 1 saturated carbocycles. The number of ether oxygens (including phenoxy) is 1. The van der Waals surface area contributed by atoms with E-state index in [9.17, 15) is 4.79 Å². The van der Waals surface area contributed by atoms with Gasteiger partial charge in [-0.15, -0.1) is 0 Å². The lowest BCUT2D eigenvalue weighted by molar-refractivity contribution is -0.147. The van der Waals surface area contributed by atoms with E-state index in [2.05, 4.69) is 4.90 Å². The third-order valence-corrected chi connectivity index (χ3v) is 3.83. The number of nitrogens with zero attached hydrogens (tertiary/aromatic N) is 1. The summed E-state index contributed by atoms with van der Waals surface area (Å²) in [5.41, 5.74) is 0. The molecule has 0 bridgehead atoms. The molecule has 3 nitrogen and oxygen atoms in total. The van der Waals surface area contributed by atoms with Gasteiger partial charge in [0, 0.05) is 12.6 Å². The number of hydrogen-bond donors (Lipinski definition) is 0. The zero-order chi connectivity index (χ0) is 10.7. The van der Waals surface area contributed by atoms with Gasteiger partial charge in [0.15, 0.2) is 0 Å². The van der Waals surface area contributed by atoms with Crippen molar-refractivity contribution in [3.05, 3.63) is 0 Å². The van der Waals surface area contributed by atoms with Crippen molar-refractivity contribution in [2.45, 2.75) is 44.6 Å². The van der Waals surface area contributed by atoms with Gasteiger partial charge in [-0.05, 0) is 32.2 Å². The van der Waals surface area contributed by atoms with Gasteiger partial charge in [0.25, 0.3) is 0 Å². The highest BCUT2D eigenvalue weighted by Gasteiger charge is 2.31. The molecule has 1 atom stereocenters. The van der Waals surface area contributed by atoms with Gasteiger partial charge in [0.2, 0.25) is 0 Å². The lowest BCUT2D eigenvalue weighted by Gasteiger charge is -2.35. The number of piperidine rings is 1. The molecule has 15 heavy (non-hydrogen) atoms. The molecule has 86 valence electrons. The molecule has 1 aliphatic carbocycles. The Morgan fingerprint density at radius 2 is 1.93 bits per heavy atom. The molecule has 0 amide bonds. The molecule has 2 aliphatic rings. The Hall–Kier alpha value is -0.570. The summed E-state index contributed by atoms with van der Waals surface area (Å²) in [6, 6.07) is 0.748. The van der Waals surface area contributed by atoms with Crippen molar-refractivity contribution < 1.29 is 9.53 Å². The van der Waals surface area contributed by atoms with Crippen LogP contribution in [0.15, 0.2) is 0 Å². The fraction of sp³-hybridized carbons (Fsp3) is 0.917. The number of carbonyl (C=O) groups is 1. The van der Waals surface area contributed by atoms with Crippen molar-refractivity contribution in [1.82, 2.24) is 4.90 Å². The molecule has 0 N–H and O–H groups in total. The van der Waals surface area contributed by atoms with Crippen LogP contribution < -0.4 is 0 Å². The maximum Gasteiger partial charge on any atom is 0.309 e. The zero-order valence-corrected chi connectivity index (χ0v) is 9.58. The predicted molar refractivity (Wildman–Crippen MR) is 58.6 cm³/mol. The summed E-state index contributed by atoms with van der Waals surface area (Å²) in [5.74, 6) is 0.113. The molecule has 0 aromatic rings. The van der Waals surface area contributed by atoms with Crippen LogP contribution in [0, 0.1) is 5.92 Å². The van der Waals surface area contributed by atoms with Crippen LogP contribution in [0.25, 0.3) is 0 Å². The molecule has 0 radical (unpaired) electrons. The monoisotopic (exact) mass is 211 g/mol. The second-order valence-electron chi connectivity index (χ2n) is 4.80. The van der Waals surface area contributed by atoms with Crippen LogP contribution in [0.1, 0.15) is 38.5 Å². The smallest absolute Gasteiger partial charge is 0.309 e. The minimum Gasteiger partial charge on any atom is -0.469 e. The van der Waals surface area contributed by atoms with E-state index >= 15 is 0 Å². The van der Waals surface area contributed by atoms with Gasteiger partial charge in [-0.25, -0.2) is 0 Å². The SMILES string of the molecule is COC(=O)[C@H]1CCCN(C2CCCC2)C1. The van der Waals surface area contributed by atoms with Crippen molar-refractivity contribution in [2.24, 2.45) is 5.92 Å².